The third kappa shape index (κ3) is 6.23. The summed E-state index contributed by atoms with van der Waals surface area (Å²) in [5.41, 5.74) is 2.73. The van der Waals surface area contributed by atoms with Crippen LogP contribution in [0.1, 0.15) is 28.4 Å². The summed E-state index contributed by atoms with van der Waals surface area (Å²) in [5, 5.41) is 5.85. The number of ether oxygens (including phenoxy) is 4. The molecule has 0 unspecified atom stereocenters. The Morgan fingerprint density at radius 2 is 1.66 bits per heavy atom. The van der Waals surface area contributed by atoms with Crippen molar-refractivity contribution in [3.05, 3.63) is 83.4 Å². The lowest BCUT2D eigenvalue weighted by atomic mass is 9.98. The van der Waals surface area contributed by atoms with Gasteiger partial charge in [-0.15, -0.1) is 0 Å². The smallest absolute Gasteiger partial charge is 0.340 e. The van der Waals surface area contributed by atoms with E-state index < -0.39 is 12.0 Å². The van der Waals surface area contributed by atoms with E-state index in [9.17, 15) is 9.59 Å². The number of rotatable bonds is 9. The monoisotopic (exact) mass is 476 g/mol. The van der Waals surface area contributed by atoms with Gasteiger partial charge in [0.15, 0.2) is 11.5 Å². The van der Waals surface area contributed by atoms with Crippen LogP contribution in [0, 0.1) is 0 Å². The molecule has 1 aliphatic heterocycles. The molecule has 1 aliphatic rings. The van der Waals surface area contributed by atoms with Gasteiger partial charge in [0, 0.05) is 6.04 Å². The van der Waals surface area contributed by atoms with Gasteiger partial charge in [-0.3, -0.25) is 0 Å². The molecular formula is C27H28N2O6. The Morgan fingerprint density at radius 1 is 0.943 bits per heavy atom. The number of amides is 2. The second-order valence-corrected chi connectivity index (χ2v) is 8.01. The Hall–Kier alpha value is -4.20. The minimum Gasteiger partial charge on any atom is -0.497 e. The fourth-order valence-corrected chi connectivity index (χ4v) is 3.90. The molecule has 4 rings (SSSR count). The zero-order chi connectivity index (χ0) is 24.6. The van der Waals surface area contributed by atoms with Crippen LogP contribution in [0.4, 0.5) is 10.5 Å². The number of para-hydroxylation sites is 1. The highest BCUT2D eigenvalue weighted by molar-refractivity contribution is 6.00. The standard InChI is InChI=1S/C27H28N2O6/c1-3-33-26(30)22-6-4-5-7-23(22)29-27(31)28-20(14-18-8-11-21(32-2)12-9-18)15-19-10-13-24-25(16-19)35-17-34-24/h4-13,16,20H,3,14-15,17H2,1-2H3,(H2,28,29,31)/t20-/m0/s1. The molecule has 0 aromatic heterocycles. The van der Waals surface area contributed by atoms with Crippen LogP contribution in [0.15, 0.2) is 66.7 Å². The molecule has 0 bridgehead atoms. The minimum absolute atomic E-state index is 0.203. The first kappa shape index (κ1) is 23.9. The summed E-state index contributed by atoms with van der Waals surface area (Å²) in [6.45, 7) is 2.19. The SMILES string of the molecule is CCOC(=O)c1ccccc1NC(=O)N[C@@H](Cc1ccc(OC)cc1)Cc1ccc2c(c1)OCO2. The number of hydrogen-bond acceptors (Lipinski definition) is 6. The van der Waals surface area contributed by atoms with E-state index in [2.05, 4.69) is 10.6 Å². The van der Waals surface area contributed by atoms with Gasteiger partial charge in [-0.2, -0.15) is 0 Å². The second kappa shape index (κ2) is 11.3. The molecule has 0 spiro atoms. The molecule has 2 amide bonds. The van der Waals surface area contributed by atoms with Crippen molar-refractivity contribution in [3.8, 4) is 17.2 Å². The van der Waals surface area contributed by atoms with E-state index in [4.69, 9.17) is 18.9 Å². The lowest BCUT2D eigenvalue weighted by Crippen LogP contribution is -2.41. The summed E-state index contributed by atoms with van der Waals surface area (Å²) in [7, 11) is 1.62. The Morgan fingerprint density at radius 3 is 2.43 bits per heavy atom. The number of anilines is 1. The average Bonchev–Trinajstić information content (AvgIpc) is 3.33. The zero-order valence-corrected chi connectivity index (χ0v) is 19.7. The van der Waals surface area contributed by atoms with E-state index in [1.54, 1.807) is 38.3 Å². The van der Waals surface area contributed by atoms with Crippen LogP contribution in [-0.4, -0.2) is 38.6 Å². The van der Waals surface area contributed by atoms with Gasteiger partial charge < -0.3 is 29.6 Å². The molecule has 182 valence electrons. The predicted octanol–water partition coefficient (Wildman–Crippen LogP) is 4.58. The van der Waals surface area contributed by atoms with Crippen molar-refractivity contribution < 1.29 is 28.5 Å². The van der Waals surface area contributed by atoms with Crippen molar-refractivity contribution >= 4 is 17.7 Å². The molecule has 35 heavy (non-hydrogen) atoms. The molecule has 0 fully saturated rings. The fraction of sp³-hybridized carbons (Fsp3) is 0.259. The number of fused-ring (bicyclic) bond motifs is 1. The van der Waals surface area contributed by atoms with Crippen LogP contribution in [0.3, 0.4) is 0 Å². The topological polar surface area (TPSA) is 95.1 Å². The fourth-order valence-electron chi connectivity index (χ4n) is 3.90. The first-order valence-corrected chi connectivity index (χ1v) is 11.4. The minimum atomic E-state index is -0.487. The summed E-state index contributed by atoms with van der Waals surface area (Å²) in [5.74, 6) is 1.68. The number of carbonyl (C=O) groups is 2. The molecule has 2 N–H and O–H groups in total. The summed E-state index contributed by atoms with van der Waals surface area (Å²) in [6, 6.07) is 19.6. The highest BCUT2D eigenvalue weighted by atomic mass is 16.7. The summed E-state index contributed by atoms with van der Waals surface area (Å²) in [4.78, 5) is 25.3. The summed E-state index contributed by atoms with van der Waals surface area (Å²) < 4.78 is 21.3. The van der Waals surface area contributed by atoms with Crippen molar-refractivity contribution in [2.75, 3.05) is 25.8 Å². The first-order chi connectivity index (χ1) is 17.1. The van der Waals surface area contributed by atoms with Gasteiger partial charge in [0.05, 0.1) is 25.0 Å². The number of urea groups is 1. The molecule has 1 heterocycles. The maximum Gasteiger partial charge on any atom is 0.340 e. The Bertz CT molecular complexity index is 1180. The average molecular weight is 477 g/mol. The van der Waals surface area contributed by atoms with E-state index >= 15 is 0 Å². The first-order valence-electron chi connectivity index (χ1n) is 11.4. The number of esters is 1. The van der Waals surface area contributed by atoms with E-state index in [0.29, 0.717) is 35.6 Å². The number of nitrogens with one attached hydrogen (secondary N) is 2. The van der Waals surface area contributed by atoms with Crippen molar-refractivity contribution in [2.24, 2.45) is 0 Å². The van der Waals surface area contributed by atoms with E-state index in [-0.39, 0.29) is 19.4 Å². The predicted molar refractivity (Wildman–Crippen MR) is 131 cm³/mol. The number of hydrogen-bond donors (Lipinski definition) is 2. The van der Waals surface area contributed by atoms with Gasteiger partial charge in [-0.05, 0) is 67.3 Å². The van der Waals surface area contributed by atoms with Crippen molar-refractivity contribution in [1.82, 2.24) is 5.32 Å². The highest BCUT2D eigenvalue weighted by Crippen LogP contribution is 2.33. The third-order valence-corrected chi connectivity index (χ3v) is 5.57. The number of benzene rings is 3. The summed E-state index contributed by atoms with van der Waals surface area (Å²) >= 11 is 0. The molecule has 3 aromatic rings. The van der Waals surface area contributed by atoms with Crippen LogP contribution < -0.4 is 24.8 Å². The quantitative estimate of drug-likeness (QED) is 0.439. The van der Waals surface area contributed by atoms with Crippen LogP contribution in [-0.2, 0) is 17.6 Å². The Labute approximate surface area is 204 Å². The molecule has 0 aliphatic carbocycles. The van der Waals surface area contributed by atoms with Gasteiger partial charge >= 0.3 is 12.0 Å². The van der Waals surface area contributed by atoms with Gasteiger partial charge in [0.2, 0.25) is 6.79 Å². The molecule has 0 saturated carbocycles. The van der Waals surface area contributed by atoms with E-state index in [1.165, 1.54) is 0 Å². The Balaban J connectivity index is 1.50. The molecule has 3 aromatic carbocycles. The molecule has 0 radical (unpaired) electrons. The highest BCUT2D eigenvalue weighted by Gasteiger charge is 2.19. The maximum absolute atomic E-state index is 13.0. The van der Waals surface area contributed by atoms with E-state index in [1.807, 2.05) is 42.5 Å². The number of methoxy groups -OCH3 is 1. The molecular weight excluding hydrogens is 448 g/mol. The Kier molecular flexibility index (Phi) is 7.72. The van der Waals surface area contributed by atoms with Gasteiger partial charge in [-0.25, -0.2) is 9.59 Å². The van der Waals surface area contributed by atoms with E-state index in [0.717, 1.165) is 16.9 Å². The molecule has 0 saturated heterocycles. The van der Waals surface area contributed by atoms with Crippen molar-refractivity contribution in [2.45, 2.75) is 25.8 Å². The van der Waals surface area contributed by atoms with Crippen LogP contribution in [0.25, 0.3) is 0 Å². The zero-order valence-electron chi connectivity index (χ0n) is 19.7. The lowest BCUT2D eigenvalue weighted by Gasteiger charge is -2.20. The van der Waals surface area contributed by atoms with Crippen LogP contribution >= 0.6 is 0 Å². The largest absolute Gasteiger partial charge is 0.497 e. The molecule has 1 atom stereocenters. The van der Waals surface area contributed by atoms with Crippen LogP contribution in [0.2, 0.25) is 0 Å². The lowest BCUT2D eigenvalue weighted by molar-refractivity contribution is 0.0527. The normalized spacial score (nSPS) is 12.5. The van der Waals surface area contributed by atoms with Crippen molar-refractivity contribution in [1.29, 1.82) is 0 Å². The molecule has 8 heteroatoms. The third-order valence-electron chi connectivity index (χ3n) is 5.57. The number of carbonyl (C=O) groups excluding carboxylic acids is 2. The van der Waals surface area contributed by atoms with Gasteiger partial charge in [-0.1, -0.05) is 30.3 Å². The second-order valence-electron chi connectivity index (χ2n) is 8.01. The maximum atomic E-state index is 13.0. The van der Waals surface area contributed by atoms with Crippen LogP contribution in [0.5, 0.6) is 17.2 Å². The molecule has 8 nitrogen and oxygen atoms in total. The summed E-state index contributed by atoms with van der Waals surface area (Å²) in [6.07, 6.45) is 1.15. The van der Waals surface area contributed by atoms with Crippen molar-refractivity contribution in [3.63, 3.8) is 0 Å². The van der Waals surface area contributed by atoms with Gasteiger partial charge in [0.25, 0.3) is 0 Å². The van der Waals surface area contributed by atoms with Gasteiger partial charge in [0.1, 0.15) is 5.75 Å².